The second kappa shape index (κ2) is 7.87. The van der Waals surface area contributed by atoms with Crippen LogP contribution in [0.2, 0.25) is 0 Å². The summed E-state index contributed by atoms with van der Waals surface area (Å²) in [5, 5.41) is 10.7. The number of carbonyl (C=O) groups is 2. The molecule has 1 atom stereocenters. The van der Waals surface area contributed by atoms with E-state index >= 15 is 0 Å². The number of amides is 2. The minimum Gasteiger partial charge on any atom is -0.491 e. The maximum Gasteiger partial charge on any atom is 0.242 e. The van der Waals surface area contributed by atoms with Crippen molar-refractivity contribution in [3.05, 3.63) is 30.3 Å². The number of carbonyl (C=O) groups excluding carboxylic acids is 2. The molecule has 25 heavy (non-hydrogen) atoms. The molecular formula is C19H26N2O4. The zero-order chi connectivity index (χ0) is 17.7. The average Bonchev–Trinajstić information content (AvgIpc) is 2.91. The molecule has 0 bridgehead atoms. The van der Waals surface area contributed by atoms with E-state index in [4.69, 9.17) is 4.74 Å². The molecule has 2 amide bonds. The summed E-state index contributed by atoms with van der Waals surface area (Å²) in [4.78, 5) is 27.9. The number of β-amino-alcohol motifs (C(OH)–C–C–N with tert-alkyl or cyclic N) is 1. The van der Waals surface area contributed by atoms with Crippen molar-refractivity contribution in [2.45, 2.75) is 37.7 Å². The first-order chi connectivity index (χ1) is 12.1. The van der Waals surface area contributed by atoms with Gasteiger partial charge in [0.05, 0.1) is 13.1 Å². The average molecular weight is 346 g/mol. The molecule has 2 saturated heterocycles. The lowest BCUT2D eigenvalue weighted by molar-refractivity contribution is -0.140. The molecule has 2 fully saturated rings. The van der Waals surface area contributed by atoms with Crippen LogP contribution in [0.1, 0.15) is 32.1 Å². The van der Waals surface area contributed by atoms with Crippen molar-refractivity contribution in [2.24, 2.45) is 0 Å². The van der Waals surface area contributed by atoms with E-state index in [1.165, 1.54) is 0 Å². The van der Waals surface area contributed by atoms with Gasteiger partial charge in [0.2, 0.25) is 11.8 Å². The second-order valence-corrected chi connectivity index (χ2v) is 7.02. The van der Waals surface area contributed by atoms with Gasteiger partial charge in [0.15, 0.2) is 0 Å². The molecule has 1 N–H and O–H groups in total. The maximum absolute atomic E-state index is 12.5. The Balaban J connectivity index is 1.50. The van der Waals surface area contributed by atoms with Gasteiger partial charge in [-0.05, 0) is 31.4 Å². The largest absolute Gasteiger partial charge is 0.491 e. The molecular weight excluding hydrogens is 320 g/mol. The van der Waals surface area contributed by atoms with E-state index in [-0.39, 0.29) is 31.5 Å². The van der Waals surface area contributed by atoms with Crippen molar-refractivity contribution >= 4 is 11.8 Å². The lowest BCUT2D eigenvalue weighted by atomic mass is 10.1. The van der Waals surface area contributed by atoms with E-state index in [0.717, 1.165) is 19.3 Å². The summed E-state index contributed by atoms with van der Waals surface area (Å²) in [6.07, 6.45) is 3.91. The molecule has 0 spiro atoms. The fourth-order valence-corrected chi connectivity index (χ4v) is 3.39. The predicted molar refractivity (Wildman–Crippen MR) is 93.1 cm³/mol. The Morgan fingerprint density at radius 3 is 2.76 bits per heavy atom. The van der Waals surface area contributed by atoms with Gasteiger partial charge in [-0.3, -0.25) is 9.59 Å². The highest BCUT2D eigenvalue weighted by Crippen LogP contribution is 2.23. The van der Waals surface area contributed by atoms with E-state index in [0.29, 0.717) is 31.7 Å². The summed E-state index contributed by atoms with van der Waals surface area (Å²) >= 11 is 0. The van der Waals surface area contributed by atoms with Crippen LogP contribution in [0.5, 0.6) is 5.75 Å². The highest BCUT2D eigenvalue weighted by molar-refractivity contribution is 5.85. The van der Waals surface area contributed by atoms with Crippen LogP contribution >= 0.6 is 0 Å². The standard InChI is InChI=1S/C19H26N2O4/c22-17-9-5-2-6-11-20(17)13-18(23)21-12-10-19(24,14-21)15-25-16-7-3-1-4-8-16/h1,3-4,7-8,24H,2,5-6,9-15H2/t19-/m0/s1. The van der Waals surface area contributed by atoms with Crippen LogP contribution in [-0.4, -0.2) is 65.1 Å². The number of rotatable bonds is 5. The SMILES string of the molecule is O=C1CCCCCN1CC(=O)N1CC[C@@](O)(COc2ccccc2)C1. The molecule has 3 rings (SSSR count). The van der Waals surface area contributed by atoms with Crippen LogP contribution < -0.4 is 4.74 Å². The molecule has 6 nitrogen and oxygen atoms in total. The molecule has 0 radical (unpaired) electrons. The number of ether oxygens (including phenoxy) is 1. The third-order valence-corrected chi connectivity index (χ3v) is 4.93. The van der Waals surface area contributed by atoms with Gasteiger partial charge in [-0.2, -0.15) is 0 Å². The first-order valence-corrected chi connectivity index (χ1v) is 9.02. The predicted octanol–water partition coefficient (Wildman–Crippen LogP) is 1.43. The van der Waals surface area contributed by atoms with Gasteiger partial charge in [0.25, 0.3) is 0 Å². The molecule has 2 heterocycles. The van der Waals surface area contributed by atoms with Crippen molar-refractivity contribution in [2.75, 3.05) is 32.8 Å². The van der Waals surface area contributed by atoms with Crippen molar-refractivity contribution in [3.8, 4) is 5.75 Å². The Hall–Kier alpha value is -2.08. The number of hydrogen-bond acceptors (Lipinski definition) is 4. The minimum absolute atomic E-state index is 0.0627. The topological polar surface area (TPSA) is 70.1 Å². The first kappa shape index (κ1) is 17.7. The summed E-state index contributed by atoms with van der Waals surface area (Å²) < 4.78 is 5.65. The smallest absolute Gasteiger partial charge is 0.242 e. The Morgan fingerprint density at radius 2 is 1.96 bits per heavy atom. The van der Waals surface area contributed by atoms with E-state index < -0.39 is 5.60 Å². The number of benzene rings is 1. The van der Waals surface area contributed by atoms with E-state index in [9.17, 15) is 14.7 Å². The highest BCUT2D eigenvalue weighted by Gasteiger charge is 2.39. The summed E-state index contributed by atoms with van der Waals surface area (Å²) in [5.74, 6) is 0.675. The fraction of sp³-hybridized carbons (Fsp3) is 0.579. The van der Waals surface area contributed by atoms with Crippen LogP contribution in [0.3, 0.4) is 0 Å². The molecule has 2 aliphatic heterocycles. The van der Waals surface area contributed by atoms with E-state index in [1.807, 2.05) is 30.3 Å². The third-order valence-electron chi connectivity index (χ3n) is 4.93. The number of para-hydroxylation sites is 1. The van der Waals surface area contributed by atoms with Crippen molar-refractivity contribution < 1.29 is 19.4 Å². The van der Waals surface area contributed by atoms with Gasteiger partial charge in [-0.1, -0.05) is 24.6 Å². The van der Waals surface area contributed by atoms with E-state index in [2.05, 4.69) is 0 Å². The van der Waals surface area contributed by atoms with Gasteiger partial charge in [0.1, 0.15) is 18.0 Å². The zero-order valence-electron chi connectivity index (χ0n) is 14.5. The van der Waals surface area contributed by atoms with Crippen molar-refractivity contribution in [1.82, 2.24) is 9.80 Å². The summed E-state index contributed by atoms with van der Waals surface area (Å²) in [6, 6.07) is 9.34. The molecule has 1 aromatic rings. The number of aliphatic hydroxyl groups is 1. The minimum atomic E-state index is -1.03. The lowest BCUT2D eigenvalue weighted by Gasteiger charge is -2.26. The van der Waals surface area contributed by atoms with Crippen LogP contribution in [0.25, 0.3) is 0 Å². The highest BCUT2D eigenvalue weighted by atomic mass is 16.5. The van der Waals surface area contributed by atoms with Gasteiger partial charge >= 0.3 is 0 Å². The van der Waals surface area contributed by atoms with Crippen LogP contribution in [0.4, 0.5) is 0 Å². The Bertz CT molecular complexity index is 607. The number of likely N-dealkylation sites (tertiary alicyclic amines) is 2. The van der Waals surface area contributed by atoms with Crippen LogP contribution in [0.15, 0.2) is 30.3 Å². The Morgan fingerprint density at radius 1 is 1.16 bits per heavy atom. The van der Waals surface area contributed by atoms with Gasteiger partial charge in [0, 0.05) is 19.5 Å². The third kappa shape index (κ3) is 4.72. The van der Waals surface area contributed by atoms with E-state index in [1.54, 1.807) is 9.80 Å². The molecule has 2 aliphatic rings. The summed E-state index contributed by atoms with van der Waals surface area (Å²) in [5.41, 5.74) is -1.03. The van der Waals surface area contributed by atoms with Gasteiger partial charge in [-0.15, -0.1) is 0 Å². The maximum atomic E-state index is 12.5. The molecule has 0 aromatic heterocycles. The molecule has 136 valence electrons. The molecule has 6 heteroatoms. The Kier molecular flexibility index (Phi) is 5.58. The molecule has 1 aromatic carbocycles. The van der Waals surface area contributed by atoms with Crippen molar-refractivity contribution in [1.29, 1.82) is 0 Å². The van der Waals surface area contributed by atoms with Crippen LogP contribution in [0, 0.1) is 0 Å². The quantitative estimate of drug-likeness (QED) is 0.876. The summed E-state index contributed by atoms with van der Waals surface area (Å²) in [6.45, 7) is 1.67. The first-order valence-electron chi connectivity index (χ1n) is 9.02. The molecule has 0 unspecified atom stereocenters. The Labute approximate surface area is 148 Å². The van der Waals surface area contributed by atoms with Gasteiger partial charge in [-0.25, -0.2) is 0 Å². The van der Waals surface area contributed by atoms with Gasteiger partial charge < -0.3 is 19.6 Å². The monoisotopic (exact) mass is 346 g/mol. The summed E-state index contributed by atoms with van der Waals surface area (Å²) in [7, 11) is 0. The number of hydrogen-bond donors (Lipinski definition) is 1. The fourth-order valence-electron chi connectivity index (χ4n) is 3.39. The molecule has 0 aliphatic carbocycles. The molecule has 0 saturated carbocycles. The zero-order valence-corrected chi connectivity index (χ0v) is 14.5. The van der Waals surface area contributed by atoms with Crippen molar-refractivity contribution in [3.63, 3.8) is 0 Å². The lowest BCUT2D eigenvalue weighted by Crippen LogP contribution is -2.45. The van der Waals surface area contributed by atoms with Crippen LogP contribution in [-0.2, 0) is 9.59 Å². The normalized spacial score (nSPS) is 24.3. The second-order valence-electron chi connectivity index (χ2n) is 7.02. The number of nitrogens with zero attached hydrogens (tertiary/aromatic N) is 2.